The van der Waals surface area contributed by atoms with Crippen molar-refractivity contribution in [2.24, 2.45) is 7.05 Å². The van der Waals surface area contributed by atoms with Gasteiger partial charge in [-0.1, -0.05) is 60.3 Å². The first-order valence-electron chi connectivity index (χ1n) is 8.79. The molecule has 6 heteroatoms. The average Bonchev–Trinajstić information content (AvgIpc) is 3.20. The van der Waals surface area contributed by atoms with Crippen LogP contribution in [0.15, 0.2) is 59.8 Å². The summed E-state index contributed by atoms with van der Waals surface area (Å²) in [6.45, 7) is 1.94. The van der Waals surface area contributed by atoms with Crippen LogP contribution in [0.1, 0.15) is 27.4 Å². The highest BCUT2D eigenvalue weighted by Gasteiger charge is 2.18. The molecule has 4 rings (SSSR count). The lowest BCUT2D eigenvalue weighted by atomic mass is 10.1. The van der Waals surface area contributed by atoms with Crippen LogP contribution in [0.3, 0.4) is 0 Å². The number of thioether (sulfide) groups is 1. The number of nitrogens with zero attached hydrogens (tertiary/aromatic N) is 3. The van der Waals surface area contributed by atoms with E-state index in [1.54, 1.807) is 0 Å². The highest BCUT2D eigenvalue weighted by atomic mass is 32.2. The third-order valence-corrected chi connectivity index (χ3v) is 5.66. The summed E-state index contributed by atoms with van der Waals surface area (Å²) in [5.74, 6) is 1.32. The first-order chi connectivity index (χ1) is 13.1. The Morgan fingerprint density at radius 1 is 1.07 bits per heavy atom. The molecule has 0 bridgehead atoms. The lowest BCUT2D eigenvalue weighted by Gasteiger charge is -2.04. The number of carbonyl (C=O) groups excluding carboxylic acids is 1. The van der Waals surface area contributed by atoms with Crippen molar-refractivity contribution in [3.05, 3.63) is 77.2 Å². The second-order valence-corrected chi connectivity index (χ2v) is 7.45. The third kappa shape index (κ3) is 3.53. The van der Waals surface area contributed by atoms with Crippen molar-refractivity contribution in [1.82, 2.24) is 19.7 Å². The van der Waals surface area contributed by atoms with Crippen LogP contribution in [0.4, 0.5) is 0 Å². The summed E-state index contributed by atoms with van der Waals surface area (Å²) in [6, 6.07) is 18.1. The largest absolute Gasteiger partial charge is 0.358 e. The number of aromatic amines is 1. The first kappa shape index (κ1) is 17.5. The maximum Gasteiger partial charge on any atom is 0.191 e. The van der Waals surface area contributed by atoms with Crippen molar-refractivity contribution in [1.29, 1.82) is 0 Å². The minimum Gasteiger partial charge on any atom is -0.358 e. The molecule has 5 nitrogen and oxygen atoms in total. The standard InChI is InChI=1S/C21H20N4OS/c1-14-20(16-10-6-7-11-17(16)22-14)18(26)13-27-21-24-23-19(25(21)2)12-15-8-4-3-5-9-15/h3-11,22H,12-13H2,1-2H3. The summed E-state index contributed by atoms with van der Waals surface area (Å²) in [4.78, 5) is 16.1. The lowest BCUT2D eigenvalue weighted by molar-refractivity contribution is 0.102. The highest BCUT2D eigenvalue weighted by molar-refractivity contribution is 7.99. The third-order valence-electron chi connectivity index (χ3n) is 4.63. The molecule has 2 heterocycles. The fraction of sp³-hybridized carbons (Fsp3) is 0.190. The molecule has 136 valence electrons. The number of nitrogens with one attached hydrogen (secondary N) is 1. The fourth-order valence-corrected chi connectivity index (χ4v) is 4.04. The van der Waals surface area contributed by atoms with E-state index in [0.29, 0.717) is 5.75 Å². The minimum atomic E-state index is 0.0996. The predicted octanol–water partition coefficient (Wildman–Crippen LogP) is 4.17. The maximum atomic E-state index is 12.8. The molecule has 1 N–H and O–H groups in total. The van der Waals surface area contributed by atoms with Crippen molar-refractivity contribution in [2.45, 2.75) is 18.5 Å². The molecule has 4 aromatic rings. The zero-order valence-corrected chi connectivity index (χ0v) is 16.1. The molecule has 0 aliphatic rings. The number of ketones is 1. The van der Waals surface area contributed by atoms with E-state index in [9.17, 15) is 4.79 Å². The van der Waals surface area contributed by atoms with E-state index in [-0.39, 0.29) is 5.78 Å². The summed E-state index contributed by atoms with van der Waals surface area (Å²) >= 11 is 1.43. The molecule has 0 amide bonds. The number of fused-ring (bicyclic) bond motifs is 1. The van der Waals surface area contributed by atoms with E-state index in [2.05, 4.69) is 27.3 Å². The second kappa shape index (κ2) is 7.40. The van der Waals surface area contributed by atoms with Gasteiger partial charge in [0.15, 0.2) is 10.9 Å². The Kier molecular flexibility index (Phi) is 4.81. The van der Waals surface area contributed by atoms with Gasteiger partial charge in [-0.15, -0.1) is 10.2 Å². The van der Waals surface area contributed by atoms with Crippen LogP contribution in [0, 0.1) is 6.92 Å². The van der Waals surface area contributed by atoms with Crippen LogP contribution in [-0.2, 0) is 13.5 Å². The molecule has 0 saturated carbocycles. The summed E-state index contributed by atoms with van der Waals surface area (Å²) < 4.78 is 1.97. The zero-order valence-electron chi connectivity index (χ0n) is 15.3. The number of aromatic nitrogens is 4. The van der Waals surface area contributed by atoms with E-state index in [1.807, 2.05) is 61.0 Å². The monoisotopic (exact) mass is 376 g/mol. The van der Waals surface area contributed by atoms with Gasteiger partial charge in [0, 0.05) is 35.6 Å². The number of Topliss-reactive ketones (excluding diaryl/α,β-unsaturated/α-hetero) is 1. The molecule has 0 spiro atoms. The Balaban J connectivity index is 1.49. The SMILES string of the molecule is Cc1[nH]c2ccccc2c1C(=O)CSc1nnc(Cc2ccccc2)n1C. The topological polar surface area (TPSA) is 63.6 Å². The number of carbonyl (C=O) groups is 1. The number of benzene rings is 2. The van der Waals surface area contributed by atoms with Crippen molar-refractivity contribution in [2.75, 3.05) is 5.75 Å². The molecular weight excluding hydrogens is 356 g/mol. The van der Waals surface area contributed by atoms with Crippen molar-refractivity contribution in [3.8, 4) is 0 Å². The maximum absolute atomic E-state index is 12.8. The summed E-state index contributed by atoms with van der Waals surface area (Å²) in [6.07, 6.45) is 0.723. The molecule has 27 heavy (non-hydrogen) atoms. The van der Waals surface area contributed by atoms with Crippen LogP contribution >= 0.6 is 11.8 Å². The zero-order chi connectivity index (χ0) is 18.8. The molecule has 0 radical (unpaired) electrons. The Hall–Kier alpha value is -2.86. The Labute approximate surface area is 161 Å². The summed E-state index contributed by atoms with van der Waals surface area (Å²) in [7, 11) is 1.95. The second-order valence-electron chi connectivity index (χ2n) is 6.50. The van der Waals surface area contributed by atoms with Gasteiger partial charge in [-0.2, -0.15) is 0 Å². The summed E-state index contributed by atoms with van der Waals surface area (Å²) in [5.41, 5.74) is 3.86. The van der Waals surface area contributed by atoms with Crippen LogP contribution < -0.4 is 0 Å². The van der Waals surface area contributed by atoms with E-state index >= 15 is 0 Å². The summed E-state index contributed by atoms with van der Waals surface area (Å²) in [5, 5.41) is 10.3. The molecule has 0 atom stereocenters. The van der Waals surface area contributed by atoms with Gasteiger partial charge < -0.3 is 9.55 Å². The van der Waals surface area contributed by atoms with E-state index < -0.39 is 0 Å². The molecule has 0 saturated heterocycles. The molecule has 0 unspecified atom stereocenters. The van der Waals surface area contributed by atoms with Crippen LogP contribution in [0.2, 0.25) is 0 Å². The Morgan fingerprint density at radius 2 is 1.81 bits per heavy atom. The quantitative estimate of drug-likeness (QED) is 0.405. The molecular formula is C21H20N4OS. The highest BCUT2D eigenvalue weighted by Crippen LogP contribution is 2.25. The van der Waals surface area contributed by atoms with E-state index in [0.717, 1.165) is 39.6 Å². The molecule has 2 aromatic carbocycles. The Morgan fingerprint density at radius 3 is 2.63 bits per heavy atom. The van der Waals surface area contributed by atoms with Gasteiger partial charge in [-0.25, -0.2) is 0 Å². The van der Waals surface area contributed by atoms with Gasteiger partial charge in [-0.3, -0.25) is 4.79 Å². The van der Waals surface area contributed by atoms with E-state index in [1.165, 1.54) is 17.3 Å². The fourth-order valence-electron chi connectivity index (χ4n) is 3.24. The molecule has 2 aromatic heterocycles. The van der Waals surface area contributed by atoms with Gasteiger partial charge in [0.05, 0.1) is 5.75 Å². The number of aryl methyl sites for hydroxylation is 1. The molecule has 0 aliphatic carbocycles. The van der Waals surface area contributed by atoms with Gasteiger partial charge in [-0.05, 0) is 18.6 Å². The number of hydrogen-bond donors (Lipinski definition) is 1. The first-order valence-corrected chi connectivity index (χ1v) is 9.77. The number of para-hydroxylation sites is 1. The number of hydrogen-bond acceptors (Lipinski definition) is 4. The van der Waals surface area contributed by atoms with Crippen LogP contribution in [0.25, 0.3) is 10.9 Å². The molecule has 0 aliphatic heterocycles. The number of H-pyrrole nitrogens is 1. The van der Waals surface area contributed by atoms with Gasteiger partial charge >= 0.3 is 0 Å². The number of rotatable bonds is 6. The van der Waals surface area contributed by atoms with Crippen LogP contribution in [0.5, 0.6) is 0 Å². The predicted molar refractivity (Wildman–Crippen MR) is 108 cm³/mol. The van der Waals surface area contributed by atoms with Crippen molar-refractivity contribution >= 4 is 28.4 Å². The van der Waals surface area contributed by atoms with Crippen LogP contribution in [-0.4, -0.2) is 31.3 Å². The molecule has 0 fully saturated rings. The van der Waals surface area contributed by atoms with Gasteiger partial charge in [0.1, 0.15) is 5.82 Å². The van der Waals surface area contributed by atoms with Crippen molar-refractivity contribution in [3.63, 3.8) is 0 Å². The Bertz CT molecular complexity index is 1100. The minimum absolute atomic E-state index is 0.0996. The normalized spacial score (nSPS) is 11.2. The average molecular weight is 376 g/mol. The lowest BCUT2D eigenvalue weighted by Crippen LogP contribution is -2.05. The van der Waals surface area contributed by atoms with Crippen molar-refractivity contribution < 1.29 is 4.79 Å². The van der Waals surface area contributed by atoms with Gasteiger partial charge in [0.25, 0.3) is 0 Å². The van der Waals surface area contributed by atoms with E-state index in [4.69, 9.17) is 0 Å². The smallest absolute Gasteiger partial charge is 0.191 e. The van der Waals surface area contributed by atoms with Gasteiger partial charge in [0.2, 0.25) is 0 Å².